The normalized spacial score (nSPS) is 12.9. The highest BCUT2D eigenvalue weighted by molar-refractivity contribution is 7.85. The highest BCUT2D eigenvalue weighted by Gasteiger charge is 2.29. The molecule has 2 aromatic heterocycles. The summed E-state index contributed by atoms with van der Waals surface area (Å²) in [5.41, 5.74) is 6.87. The Morgan fingerprint density at radius 2 is 1.28 bits per heavy atom. The Hall–Kier alpha value is -5.08. The lowest BCUT2D eigenvalue weighted by atomic mass is 9.96. The molecule has 2 nitrogen and oxygen atoms in total. The largest absolute Gasteiger partial charge is 0.309 e. The third kappa shape index (κ3) is 4.69. The molecule has 0 N–H and O–H groups in total. The molecule has 0 aliphatic heterocycles. The molecule has 0 bridgehead atoms. The fourth-order valence-electron chi connectivity index (χ4n) is 7.03. The number of allylic oxidation sites excluding steroid dienone is 1. The number of aromatic nitrogens is 1. The molecule has 9 rings (SSSR count). The van der Waals surface area contributed by atoms with E-state index in [1.807, 2.05) is 78.1 Å². The summed E-state index contributed by atoms with van der Waals surface area (Å²) in [4.78, 5) is 6.70. The average Bonchev–Trinajstić information content (AvgIpc) is 3.54. The Morgan fingerprint density at radius 1 is 0.596 bits per heavy atom. The van der Waals surface area contributed by atoms with Gasteiger partial charge in [0.2, 0.25) is 0 Å². The second kappa shape index (κ2) is 11.3. The zero-order chi connectivity index (χ0) is 31.4. The number of fused-ring (bicyclic) bond motifs is 6. The van der Waals surface area contributed by atoms with E-state index in [2.05, 4.69) is 91.0 Å². The topological polar surface area (TPSA) is 30.0 Å². The minimum atomic E-state index is -3.04. The summed E-state index contributed by atoms with van der Waals surface area (Å²) in [5.74, 6) is 0. The number of pyridine rings is 1. The Bertz CT molecular complexity index is 2510. The molecule has 6 aromatic carbocycles. The van der Waals surface area contributed by atoms with Crippen LogP contribution in [0, 0.1) is 0 Å². The van der Waals surface area contributed by atoms with Gasteiger partial charge in [-0.25, -0.2) is 4.98 Å². The number of rotatable bonds is 5. The van der Waals surface area contributed by atoms with Crippen molar-refractivity contribution in [2.75, 3.05) is 0 Å². The summed E-state index contributed by atoms with van der Waals surface area (Å²) in [5, 5.41) is 7.28. The summed E-state index contributed by atoms with van der Waals surface area (Å²) in [7, 11) is -3.04. The van der Waals surface area contributed by atoms with Crippen LogP contribution < -0.4 is 15.9 Å². The monoisotopic (exact) mass is 639 g/mol. The van der Waals surface area contributed by atoms with E-state index in [-0.39, 0.29) is 0 Å². The van der Waals surface area contributed by atoms with Crippen LogP contribution in [-0.2, 0) is 11.0 Å². The van der Waals surface area contributed by atoms with E-state index in [0.29, 0.717) is 0 Å². The molecule has 0 saturated heterocycles. The molecule has 224 valence electrons. The summed E-state index contributed by atoms with van der Waals surface area (Å²) in [6, 6.07) is 49.9. The standard InChI is InChI=1S/C43H30NOPS/c45-46(34-14-3-1-4-15-34,35-16-5-2-6-17-35)36-25-24-31-26-30(22-23-32(31)28-36)29-12-11-13-33(27-29)42-43-41(37-18-7-9-20-39(37)44-42)38-19-8-10-21-40(38)47-43/h1-9,11-20,22-28H,10,21H2. The fourth-order valence-corrected chi connectivity index (χ4v) is 11.0. The van der Waals surface area contributed by atoms with E-state index in [9.17, 15) is 4.57 Å². The Kier molecular flexibility index (Phi) is 6.78. The molecule has 1 aliphatic carbocycles. The van der Waals surface area contributed by atoms with Gasteiger partial charge in [-0.2, -0.15) is 0 Å². The van der Waals surface area contributed by atoms with Crippen molar-refractivity contribution in [2.45, 2.75) is 12.8 Å². The average molecular weight is 640 g/mol. The van der Waals surface area contributed by atoms with Crippen LogP contribution in [0.25, 0.3) is 60.2 Å². The Labute approximate surface area is 278 Å². The van der Waals surface area contributed by atoms with E-state index in [0.717, 1.165) is 67.4 Å². The Balaban J connectivity index is 1.14. The number of hydrogen-bond acceptors (Lipinski definition) is 3. The molecule has 0 fully saturated rings. The van der Waals surface area contributed by atoms with E-state index < -0.39 is 7.14 Å². The van der Waals surface area contributed by atoms with E-state index in [1.54, 1.807) is 0 Å². The van der Waals surface area contributed by atoms with Crippen LogP contribution in [0.15, 0.2) is 152 Å². The molecule has 1 aliphatic rings. The van der Waals surface area contributed by atoms with Crippen molar-refractivity contribution in [3.63, 3.8) is 0 Å². The highest BCUT2D eigenvalue weighted by Crippen LogP contribution is 2.45. The lowest BCUT2D eigenvalue weighted by molar-refractivity contribution is 0.592. The summed E-state index contributed by atoms with van der Waals surface area (Å²) in [6.07, 6.45) is 6.79. The fraction of sp³-hybridized carbons (Fsp3) is 0.0465. The van der Waals surface area contributed by atoms with Gasteiger partial charge in [0.1, 0.15) is 0 Å². The second-order valence-electron chi connectivity index (χ2n) is 12.2. The first kappa shape index (κ1) is 28.2. The summed E-state index contributed by atoms with van der Waals surface area (Å²) >= 11 is 1.90. The van der Waals surface area contributed by atoms with Crippen molar-refractivity contribution in [2.24, 2.45) is 0 Å². The molecule has 0 saturated carbocycles. The van der Waals surface area contributed by atoms with Gasteiger partial charge in [0.25, 0.3) is 0 Å². The molecular formula is C43H30NOPS. The van der Waals surface area contributed by atoms with Crippen LogP contribution >= 0.6 is 18.5 Å². The van der Waals surface area contributed by atoms with E-state index in [1.165, 1.54) is 25.9 Å². The molecule has 8 aromatic rings. The van der Waals surface area contributed by atoms with Crippen LogP contribution in [0.2, 0.25) is 0 Å². The van der Waals surface area contributed by atoms with Gasteiger partial charge in [-0.05, 0) is 64.6 Å². The molecule has 4 heteroatoms. The minimum absolute atomic E-state index is 0.844. The maximum absolute atomic E-state index is 15.0. The second-order valence-corrected chi connectivity index (χ2v) is 16.0. The number of aryl methyl sites for hydroxylation is 1. The number of para-hydroxylation sites is 1. The van der Waals surface area contributed by atoms with Gasteiger partial charge in [-0.1, -0.05) is 133 Å². The third-order valence-corrected chi connectivity index (χ3v) is 13.7. The van der Waals surface area contributed by atoms with Gasteiger partial charge in [0.15, 0.2) is 7.14 Å². The zero-order valence-corrected chi connectivity index (χ0v) is 27.3. The van der Waals surface area contributed by atoms with Crippen molar-refractivity contribution in [1.82, 2.24) is 4.98 Å². The van der Waals surface area contributed by atoms with Crippen molar-refractivity contribution in [3.05, 3.63) is 162 Å². The number of benzene rings is 6. The lowest BCUT2D eigenvalue weighted by Crippen LogP contribution is -2.24. The van der Waals surface area contributed by atoms with E-state index in [4.69, 9.17) is 4.98 Å². The molecule has 0 radical (unpaired) electrons. The lowest BCUT2D eigenvalue weighted by Gasteiger charge is -2.20. The molecule has 47 heavy (non-hydrogen) atoms. The quantitative estimate of drug-likeness (QED) is 0.175. The SMILES string of the molecule is O=P(c1ccccc1)(c1ccccc1)c1ccc2cc(-c3cccc(-c4nc5ccccc5c5c6c(sc45)CCC=C6)c3)ccc2c1. The van der Waals surface area contributed by atoms with Crippen molar-refractivity contribution >= 4 is 72.2 Å². The predicted octanol–water partition coefficient (Wildman–Crippen LogP) is 10.5. The van der Waals surface area contributed by atoms with Gasteiger partial charge >= 0.3 is 0 Å². The van der Waals surface area contributed by atoms with Crippen LogP contribution in [0.3, 0.4) is 0 Å². The minimum Gasteiger partial charge on any atom is -0.309 e. The van der Waals surface area contributed by atoms with Crippen LogP contribution in [-0.4, -0.2) is 4.98 Å². The predicted molar refractivity (Wildman–Crippen MR) is 202 cm³/mol. The first-order chi connectivity index (χ1) is 23.2. The molecule has 0 atom stereocenters. The van der Waals surface area contributed by atoms with Gasteiger partial charge < -0.3 is 4.57 Å². The molecular weight excluding hydrogens is 610 g/mol. The first-order valence-corrected chi connectivity index (χ1v) is 18.6. The van der Waals surface area contributed by atoms with Gasteiger partial charge in [0, 0.05) is 37.1 Å². The van der Waals surface area contributed by atoms with Crippen LogP contribution in [0.5, 0.6) is 0 Å². The molecule has 0 amide bonds. The Morgan fingerprint density at radius 3 is 2.09 bits per heavy atom. The maximum Gasteiger partial charge on any atom is 0.171 e. The van der Waals surface area contributed by atoms with Crippen molar-refractivity contribution in [1.29, 1.82) is 0 Å². The zero-order valence-electron chi connectivity index (χ0n) is 25.6. The molecule has 2 heterocycles. The van der Waals surface area contributed by atoms with Crippen molar-refractivity contribution in [3.8, 4) is 22.4 Å². The molecule has 0 spiro atoms. The molecule has 0 unspecified atom stereocenters. The number of hydrogen-bond donors (Lipinski definition) is 0. The summed E-state index contributed by atoms with van der Waals surface area (Å²) in [6.45, 7) is 0. The summed E-state index contributed by atoms with van der Waals surface area (Å²) < 4.78 is 16.2. The van der Waals surface area contributed by atoms with Crippen LogP contribution in [0.1, 0.15) is 16.9 Å². The highest BCUT2D eigenvalue weighted by atomic mass is 32.1. The van der Waals surface area contributed by atoms with E-state index >= 15 is 0 Å². The van der Waals surface area contributed by atoms with Crippen molar-refractivity contribution < 1.29 is 4.57 Å². The van der Waals surface area contributed by atoms with Gasteiger partial charge in [-0.3, -0.25) is 0 Å². The maximum atomic E-state index is 15.0. The third-order valence-electron chi connectivity index (χ3n) is 9.36. The first-order valence-electron chi connectivity index (χ1n) is 16.0. The number of nitrogens with zero attached hydrogens (tertiary/aromatic N) is 1. The van der Waals surface area contributed by atoms with Gasteiger partial charge in [0.05, 0.1) is 15.9 Å². The van der Waals surface area contributed by atoms with Crippen LogP contribution in [0.4, 0.5) is 0 Å². The van der Waals surface area contributed by atoms with Gasteiger partial charge in [-0.15, -0.1) is 11.3 Å². The smallest absolute Gasteiger partial charge is 0.171 e. The number of thiophene rings is 1.